The van der Waals surface area contributed by atoms with Crippen molar-refractivity contribution in [2.75, 3.05) is 46.4 Å². The number of sulfonamides is 1. The molecule has 0 saturated carbocycles. The maximum Gasteiger partial charge on any atom is 0.338 e. The Morgan fingerprint density at radius 2 is 2.09 bits per heavy atom. The van der Waals surface area contributed by atoms with Gasteiger partial charge in [-0.3, -0.25) is 4.90 Å². The topological polar surface area (TPSA) is 79.0 Å². The number of methoxy groups -OCH3 is 1. The molecule has 2 fully saturated rings. The first-order valence-electron chi connectivity index (χ1n) is 7.64. The summed E-state index contributed by atoms with van der Waals surface area (Å²) in [4.78, 5) is 13.9. The molecule has 1 N–H and O–H groups in total. The van der Waals surface area contributed by atoms with E-state index in [1.54, 1.807) is 0 Å². The quantitative estimate of drug-likeness (QED) is 0.774. The van der Waals surface area contributed by atoms with Crippen LogP contribution in [0.5, 0.6) is 0 Å². The highest BCUT2D eigenvalue weighted by atomic mass is 32.2. The number of hydrogen-bond donors (Lipinski definition) is 1. The molecular formula is C14H21N3O4S2. The van der Waals surface area contributed by atoms with E-state index in [1.807, 2.05) is 0 Å². The van der Waals surface area contributed by atoms with Gasteiger partial charge in [-0.05, 0) is 12.5 Å². The molecule has 1 atom stereocenters. The van der Waals surface area contributed by atoms with Crippen LogP contribution >= 0.6 is 11.3 Å². The molecule has 7 nitrogen and oxygen atoms in total. The van der Waals surface area contributed by atoms with Crippen LogP contribution in [0, 0.1) is 0 Å². The third kappa shape index (κ3) is 3.43. The number of rotatable bonds is 4. The summed E-state index contributed by atoms with van der Waals surface area (Å²) < 4.78 is 31.9. The van der Waals surface area contributed by atoms with E-state index in [9.17, 15) is 13.2 Å². The van der Waals surface area contributed by atoms with Crippen LogP contribution in [0.15, 0.2) is 15.7 Å². The summed E-state index contributed by atoms with van der Waals surface area (Å²) in [5.41, 5.74) is 0.286. The zero-order valence-corrected chi connectivity index (χ0v) is 14.7. The Morgan fingerprint density at radius 1 is 1.35 bits per heavy atom. The maximum atomic E-state index is 12.7. The number of carbonyl (C=O) groups excluding carboxylic acids is 1. The summed E-state index contributed by atoms with van der Waals surface area (Å²) in [7, 11) is -2.24. The van der Waals surface area contributed by atoms with Gasteiger partial charge < -0.3 is 10.1 Å². The van der Waals surface area contributed by atoms with E-state index < -0.39 is 16.0 Å². The second kappa shape index (κ2) is 6.86. The lowest BCUT2D eigenvalue weighted by molar-refractivity contribution is 0.0601. The van der Waals surface area contributed by atoms with E-state index in [0.717, 1.165) is 43.9 Å². The van der Waals surface area contributed by atoms with Gasteiger partial charge in [0.05, 0.1) is 12.7 Å². The first kappa shape index (κ1) is 16.8. The average Bonchev–Trinajstić information content (AvgIpc) is 3.25. The standard InChI is InChI=1S/C14H21N3O4S2/c1-21-14(18)11-8-13(22-10-11)23(19,20)17-5-2-12(9-17)16-6-3-15-4-7-16/h8,10,12,15H,2-7,9H2,1H3. The number of piperazine rings is 1. The van der Waals surface area contributed by atoms with Gasteiger partial charge in [-0.1, -0.05) is 0 Å². The first-order chi connectivity index (χ1) is 11.0. The molecule has 1 aromatic heterocycles. The maximum absolute atomic E-state index is 12.7. The SMILES string of the molecule is COC(=O)c1csc(S(=O)(=O)N2CCC(N3CCNCC3)C2)c1. The second-order valence-corrected chi connectivity index (χ2v) is 8.81. The molecule has 0 aromatic carbocycles. The Kier molecular flexibility index (Phi) is 5.02. The molecule has 0 radical (unpaired) electrons. The number of nitrogens with one attached hydrogen (secondary N) is 1. The Morgan fingerprint density at radius 3 is 2.78 bits per heavy atom. The predicted molar refractivity (Wildman–Crippen MR) is 87.3 cm³/mol. The smallest absolute Gasteiger partial charge is 0.338 e. The van der Waals surface area contributed by atoms with Crippen LogP contribution in [0.3, 0.4) is 0 Å². The van der Waals surface area contributed by atoms with Gasteiger partial charge in [0, 0.05) is 50.7 Å². The Hall–Kier alpha value is -1.00. The first-order valence-corrected chi connectivity index (χ1v) is 9.96. The van der Waals surface area contributed by atoms with Crippen molar-refractivity contribution >= 4 is 27.3 Å². The number of hydrogen-bond acceptors (Lipinski definition) is 7. The number of nitrogens with zero attached hydrogens (tertiary/aromatic N) is 2. The number of thiophene rings is 1. The normalized spacial score (nSPS) is 24.0. The summed E-state index contributed by atoms with van der Waals surface area (Å²) in [6.07, 6.45) is 0.856. The zero-order chi connectivity index (χ0) is 16.4. The summed E-state index contributed by atoms with van der Waals surface area (Å²) in [5.74, 6) is -0.511. The molecule has 2 saturated heterocycles. The fourth-order valence-electron chi connectivity index (χ4n) is 3.08. The highest BCUT2D eigenvalue weighted by molar-refractivity contribution is 7.91. The Balaban J connectivity index is 1.70. The molecule has 0 spiro atoms. The molecule has 9 heteroatoms. The monoisotopic (exact) mass is 359 g/mol. The van der Waals surface area contributed by atoms with Crippen molar-refractivity contribution < 1.29 is 17.9 Å². The van der Waals surface area contributed by atoms with E-state index in [1.165, 1.54) is 22.9 Å². The van der Waals surface area contributed by atoms with Crippen LogP contribution in [0.2, 0.25) is 0 Å². The van der Waals surface area contributed by atoms with Crippen molar-refractivity contribution in [2.45, 2.75) is 16.7 Å². The van der Waals surface area contributed by atoms with Gasteiger partial charge in [-0.15, -0.1) is 11.3 Å². The highest BCUT2D eigenvalue weighted by Gasteiger charge is 2.36. The van der Waals surface area contributed by atoms with Gasteiger partial charge in [-0.25, -0.2) is 13.2 Å². The minimum absolute atomic E-state index is 0.207. The van der Waals surface area contributed by atoms with Crippen LogP contribution < -0.4 is 5.32 Å². The summed E-state index contributed by atoms with van der Waals surface area (Å²) in [5, 5.41) is 4.84. The molecule has 2 aliphatic heterocycles. The fourth-order valence-corrected chi connectivity index (χ4v) is 5.87. The molecular weight excluding hydrogens is 338 g/mol. The van der Waals surface area contributed by atoms with Crippen molar-refractivity contribution in [2.24, 2.45) is 0 Å². The molecule has 1 aromatic rings. The Labute approximate surface area is 140 Å². The minimum Gasteiger partial charge on any atom is -0.465 e. The molecule has 128 valence electrons. The van der Waals surface area contributed by atoms with E-state index >= 15 is 0 Å². The number of carbonyl (C=O) groups is 1. The van der Waals surface area contributed by atoms with Gasteiger partial charge in [0.25, 0.3) is 10.0 Å². The van der Waals surface area contributed by atoms with E-state index in [2.05, 4.69) is 15.0 Å². The number of ether oxygens (including phenoxy) is 1. The van der Waals surface area contributed by atoms with Crippen molar-refractivity contribution in [1.82, 2.24) is 14.5 Å². The van der Waals surface area contributed by atoms with E-state index in [4.69, 9.17) is 0 Å². The lowest BCUT2D eigenvalue weighted by Crippen LogP contribution is -2.49. The zero-order valence-electron chi connectivity index (χ0n) is 13.0. The molecule has 3 rings (SSSR count). The lowest BCUT2D eigenvalue weighted by Gasteiger charge is -2.32. The largest absolute Gasteiger partial charge is 0.465 e. The van der Waals surface area contributed by atoms with Gasteiger partial charge in [0.2, 0.25) is 0 Å². The summed E-state index contributed by atoms with van der Waals surface area (Å²) >= 11 is 1.07. The van der Waals surface area contributed by atoms with Crippen molar-refractivity contribution in [3.8, 4) is 0 Å². The molecule has 2 aliphatic rings. The minimum atomic E-state index is -3.53. The van der Waals surface area contributed by atoms with Crippen LogP contribution in [0.4, 0.5) is 0 Å². The van der Waals surface area contributed by atoms with Gasteiger partial charge >= 0.3 is 5.97 Å². The molecule has 0 aliphatic carbocycles. The van der Waals surface area contributed by atoms with Crippen molar-refractivity contribution in [3.63, 3.8) is 0 Å². The van der Waals surface area contributed by atoms with Crippen LogP contribution in [0.25, 0.3) is 0 Å². The highest BCUT2D eigenvalue weighted by Crippen LogP contribution is 2.28. The third-order valence-corrected chi connectivity index (χ3v) is 7.67. The van der Waals surface area contributed by atoms with Gasteiger partial charge in [0.15, 0.2) is 0 Å². The average molecular weight is 359 g/mol. The second-order valence-electron chi connectivity index (χ2n) is 5.74. The summed E-state index contributed by atoms with van der Waals surface area (Å²) in [6, 6.07) is 1.69. The number of esters is 1. The predicted octanol–water partition coefficient (Wildman–Crippen LogP) is 0.203. The third-order valence-electron chi connectivity index (χ3n) is 4.38. The van der Waals surface area contributed by atoms with Crippen molar-refractivity contribution in [1.29, 1.82) is 0 Å². The molecule has 0 bridgehead atoms. The van der Waals surface area contributed by atoms with Gasteiger partial charge in [0.1, 0.15) is 4.21 Å². The van der Waals surface area contributed by atoms with E-state index in [0.29, 0.717) is 13.1 Å². The molecule has 0 amide bonds. The van der Waals surface area contributed by atoms with Crippen LogP contribution in [0.1, 0.15) is 16.8 Å². The Bertz CT molecular complexity index is 667. The molecule has 3 heterocycles. The fraction of sp³-hybridized carbons (Fsp3) is 0.643. The van der Waals surface area contributed by atoms with Gasteiger partial charge in [-0.2, -0.15) is 4.31 Å². The van der Waals surface area contributed by atoms with Crippen molar-refractivity contribution in [3.05, 3.63) is 17.0 Å². The van der Waals surface area contributed by atoms with E-state index in [-0.39, 0.29) is 15.8 Å². The van der Waals surface area contributed by atoms with Crippen LogP contribution in [-0.4, -0.2) is 76.0 Å². The molecule has 1 unspecified atom stereocenters. The molecule has 23 heavy (non-hydrogen) atoms. The van der Waals surface area contributed by atoms with Crippen LogP contribution in [-0.2, 0) is 14.8 Å². The lowest BCUT2D eigenvalue weighted by atomic mass is 10.2. The summed E-state index contributed by atoms with van der Waals surface area (Å²) in [6.45, 7) is 4.89.